The van der Waals surface area contributed by atoms with Gasteiger partial charge in [-0.1, -0.05) is 6.07 Å². The minimum absolute atomic E-state index is 0.228. The first-order valence-electron chi connectivity index (χ1n) is 3.68. The summed E-state index contributed by atoms with van der Waals surface area (Å²) in [6, 6.07) is 2.74. The molecule has 0 fully saturated rings. The third-order valence-corrected chi connectivity index (χ3v) is 2.81. The quantitative estimate of drug-likeness (QED) is 0.618. The van der Waals surface area contributed by atoms with Crippen LogP contribution in [0.15, 0.2) is 23.1 Å². The van der Waals surface area contributed by atoms with Gasteiger partial charge < -0.3 is 10.0 Å². The van der Waals surface area contributed by atoms with Crippen LogP contribution < -0.4 is 5.46 Å². The molecule has 1 aromatic rings. The summed E-state index contributed by atoms with van der Waals surface area (Å²) in [5.74, 6) is -0.741. The van der Waals surface area contributed by atoms with Crippen LogP contribution in [-0.2, 0) is 9.84 Å². The smallest absolute Gasteiger partial charge is 0.423 e. The molecule has 0 aliphatic rings. The van der Waals surface area contributed by atoms with Crippen LogP contribution in [0.25, 0.3) is 0 Å². The average Bonchev–Trinajstić information content (AvgIpc) is 2.01. The second-order valence-corrected chi connectivity index (χ2v) is 4.81. The highest BCUT2D eigenvalue weighted by molar-refractivity contribution is 7.91. The van der Waals surface area contributed by atoms with Gasteiger partial charge in [0.25, 0.3) is 0 Å². The molecule has 14 heavy (non-hydrogen) atoms. The molecule has 2 N–H and O–H groups in total. The van der Waals surface area contributed by atoms with E-state index in [4.69, 9.17) is 10.0 Å². The van der Waals surface area contributed by atoms with Crippen molar-refractivity contribution in [3.05, 3.63) is 24.0 Å². The molecule has 1 rings (SSSR count). The summed E-state index contributed by atoms with van der Waals surface area (Å²) in [5.41, 5.74) is -0.228. The van der Waals surface area contributed by atoms with Crippen molar-refractivity contribution in [2.24, 2.45) is 0 Å². The first kappa shape index (κ1) is 11.2. The molecule has 0 saturated carbocycles. The predicted octanol–water partition coefficient (Wildman–Crippen LogP) is -1.09. The first-order valence-corrected chi connectivity index (χ1v) is 5.57. The van der Waals surface area contributed by atoms with Crippen LogP contribution >= 0.6 is 0 Å². The predicted molar refractivity (Wildman–Crippen MR) is 49.3 cm³/mol. The van der Waals surface area contributed by atoms with E-state index in [1.54, 1.807) is 0 Å². The molecule has 1 aromatic carbocycles. The van der Waals surface area contributed by atoms with E-state index in [1.807, 2.05) is 0 Å². The number of hydrogen-bond donors (Lipinski definition) is 2. The van der Waals surface area contributed by atoms with Gasteiger partial charge in [0.1, 0.15) is 5.82 Å². The molecule has 0 aliphatic heterocycles. The van der Waals surface area contributed by atoms with Gasteiger partial charge in [0, 0.05) is 11.7 Å². The number of halogens is 1. The van der Waals surface area contributed by atoms with E-state index in [2.05, 4.69) is 0 Å². The van der Waals surface area contributed by atoms with Crippen molar-refractivity contribution in [1.82, 2.24) is 0 Å². The van der Waals surface area contributed by atoms with Gasteiger partial charge in [0.05, 0.1) is 4.90 Å². The monoisotopic (exact) mass is 218 g/mol. The maximum atomic E-state index is 12.7. The molecule has 0 spiro atoms. The molecule has 76 valence electrons. The van der Waals surface area contributed by atoms with Crippen molar-refractivity contribution in [2.45, 2.75) is 4.90 Å². The van der Waals surface area contributed by atoms with Crippen LogP contribution in [0.5, 0.6) is 0 Å². The van der Waals surface area contributed by atoms with Crippen LogP contribution in [0.2, 0.25) is 0 Å². The maximum absolute atomic E-state index is 12.7. The number of sulfone groups is 1. The number of rotatable bonds is 2. The normalized spacial score (nSPS) is 11.4. The number of benzene rings is 1. The summed E-state index contributed by atoms with van der Waals surface area (Å²) in [6.07, 6.45) is 0.869. The molecule has 0 atom stereocenters. The van der Waals surface area contributed by atoms with Gasteiger partial charge in [-0.2, -0.15) is 0 Å². The molecule has 7 heteroatoms. The standard InChI is InChI=1S/C7H8BFO4S/c1-14(12,13)7-4-5(9)2-3-6(7)8(10)11/h2-4,10-11H,1H3. The topological polar surface area (TPSA) is 74.6 Å². The van der Waals surface area contributed by atoms with Crippen molar-refractivity contribution in [1.29, 1.82) is 0 Å². The Bertz CT molecular complexity index is 443. The van der Waals surface area contributed by atoms with Crippen LogP contribution in [-0.4, -0.2) is 31.8 Å². The van der Waals surface area contributed by atoms with Gasteiger partial charge >= 0.3 is 7.12 Å². The van der Waals surface area contributed by atoms with Gasteiger partial charge in [-0.25, -0.2) is 12.8 Å². The van der Waals surface area contributed by atoms with Gasteiger partial charge in [-0.3, -0.25) is 0 Å². The minimum atomic E-state index is -3.66. The molecule has 0 saturated heterocycles. The van der Waals surface area contributed by atoms with Gasteiger partial charge in [-0.05, 0) is 12.1 Å². The van der Waals surface area contributed by atoms with Crippen LogP contribution in [0, 0.1) is 5.82 Å². The first-order chi connectivity index (χ1) is 6.32. The van der Waals surface area contributed by atoms with Crippen molar-refractivity contribution < 1.29 is 22.9 Å². The summed E-state index contributed by atoms with van der Waals surface area (Å²) >= 11 is 0. The average molecular weight is 218 g/mol. The molecule has 4 nitrogen and oxygen atoms in total. The van der Waals surface area contributed by atoms with Gasteiger partial charge in [0.2, 0.25) is 0 Å². The summed E-state index contributed by atoms with van der Waals surface area (Å²) in [7, 11) is -5.59. The Morgan fingerprint density at radius 3 is 2.36 bits per heavy atom. The summed E-state index contributed by atoms with van der Waals surface area (Å²) in [5, 5.41) is 17.7. The second-order valence-electron chi connectivity index (χ2n) is 2.83. The van der Waals surface area contributed by atoms with E-state index >= 15 is 0 Å². The lowest BCUT2D eigenvalue weighted by Crippen LogP contribution is -2.34. The van der Waals surface area contributed by atoms with Crippen molar-refractivity contribution in [3.63, 3.8) is 0 Å². The van der Waals surface area contributed by atoms with Crippen molar-refractivity contribution >= 4 is 22.4 Å². The lowest BCUT2D eigenvalue weighted by molar-refractivity contribution is 0.424. The van der Waals surface area contributed by atoms with Crippen molar-refractivity contribution in [2.75, 3.05) is 6.26 Å². The van der Waals surface area contributed by atoms with Gasteiger partial charge in [0.15, 0.2) is 9.84 Å². The Kier molecular flexibility index (Phi) is 2.93. The molecule has 0 aromatic heterocycles. The molecular weight excluding hydrogens is 210 g/mol. The molecule has 0 unspecified atom stereocenters. The van der Waals surface area contributed by atoms with E-state index < -0.39 is 27.7 Å². The molecule has 0 aliphatic carbocycles. The van der Waals surface area contributed by atoms with E-state index in [0.29, 0.717) is 0 Å². The third kappa shape index (κ3) is 2.31. The molecule has 0 amide bonds. The molecule has 0 bridgehead atoms. The fraction of sp³-hybridized carbons (Fsp3) is 0.143. The maximum Gasteiger partial charge on any atom is 0.489 e. The van der Waals surface area contributed by atoms with Crippen LogP contribution in [0.3, 0.4) is 0 Å². The van der Waals surface area contributed by atoms with E-state index in [-0.39, 0.29) is 5.46 Å². The highest BCUT2D eigenvalue weighted by atomic mass is 32.2. The molecular formula is C7H8BFO4S. The minimum Gasteiger partial charge on any atom is -0.423 e. The second kappa shape index (κ2) is 3.68. The van der Waals surface area contributed by atoms with E-state index in [1.165, 1.54) is 0 Å². The zero-order valence-corrected chi connectivity index (χ0v) is 8.12. The highest BCUT2D eigenvalue weighted by Crippen LogP contribution is 2.08. The Labute approximate surface area is 81.1 Å². The fourth-order valence-electron chi connectivity index (χ4n) is 1.04. The SMILES string of the molecule is CS(=O)(=O)c1cc(F)ccc1B(O)O. The fourth-order valence-corrected chi connectivity index (χ4v) is 1.97. The lowest BCUT2D eigenvalue weighted by Gasteiger charge is -2.06. The lowest BCUT2D eigenvalue weighted by atomic mass is 9.80. The van der Waals surface area contributed by atoms with Crippen LogP contribution in [0.4, 0.5) is 4.39 Å². The largest absolute Gasteiger partial charge is 0.489 e. The Morgan fingerprint density at radius 2 is 1.93 bits per heavy atom. The molecule has 0 heterocycles. The Hall–Kier alpha value is -0.915. The highest BCUT2D eigenvalue weighted by Gasteiger charge is 2.22. The number of hydrogen-bond acceptors (Lipinski definition) is 4. The summed E-state index contributed by atoms with van der Waals surface area (Å²) < 4.78 is 35.0. The Balaban J connectivity index is 3.46. The van der Waals surface area contributed by atoms with Crippen LogP contribution in [0.1, 0.15) is 0 Å². The van der Waals surface area contributed by atoms with E-state index in [0.717, 1.165) is 24.5 Å². The molecule has 0 radical (unpaired) electrons. The van der Waals surface area contributed by atoms with Crippen molar-refractivity contribution in [3.8, 4) is 0 Å². The zero-order chi connectivity index (χ0) is 10.9. The van der Waals surface area contributed by atoms with E-state index in [9.17, 15) is 12.8 Å². The zero-order valence-electron chi connectivity index (χ0n) is 7.31. The summed E-state index contributed by atoms with van der Waals surface area (Å²) in [6.45, 7) is 0. The Morgan fingerprint density at radius 1 is 1.36 bits per heavy atom. The van der Waals surface area contributed by atoms with Gasteiger partial charge in [-0.15, -0.1) is 0 Å². The summed E-state index contributed by atoms with van der Waals surface area (Å²) in [4.78, 5) is -0.410. The third-order valence-electron chi connectivity index (χ3n) is 1.65.